The maximum absolute atomic E-state index is 13.2. The highest BCUT2D eigenvalue weighted by atomic mass is 16.5. The number of carbonyl (C=O) groups excluding carboxylic acids is 1. The van der Waals surface area contributed by atoms with Crippen LogP contribution in [-0.4, -0.2) is 45.9 Å². The van der Waals surface area contributed by atoms with E-state index in [9.17, 15) is 4.79 Å². The van der Waals surface area contributed by atoms with E-state index in [4.69, 9.17) is 18.9 Å². The van der Waals surface area contributed by atoms with Gasteiger partial charge in [-0.2, -0.15) is 0 Å². The molecule has 32 heavy (non-hydrogen) atoms. The van der Waals surface area contributed by atoms with E-state index in [1.807, 2.05) is 18.2 Å². The summed E-state index contributed by atoms with van der Waals surface area (Å²) in [6.07, 6.45) is 4.29. The zero-order chi connectivity index (χ0) is 22.7. The number of rotatable bonds is 8. The van der Waals surface area contributed by atoms with Crippen molar-refractivity contribution in [3.05, 3.63) is 47.7 Å². The van der Waals surface area contributed by atoms with Crippen LogP contribution in [0.25, 0.3) is 10.9 Å². The van der Waals surface area contributed by atoms with Gasteiger partial charge in [0.2, 0.25) is 0 Å². The first-order valence-corrected chi connectivity index (χ1v) is 10.8. The first-order valence-electron chi connectivity index (χ1n) is 10.8. The molecule has 1 aliphatic carbocycles. The largest absolute Gasteiger partial charge is 0.496 e. The third-order valence-electron chi connectivity index (χ3n) is 6.51. The maximum atomic E-state index is 13.2. The van der Waals surface area contributed by atoms with Gasteiger partial charge in [0.05, 0.1) is 34.0 Å². The molecule has 7 heteroatoms. The summed E-state index contributed by atoms with van der Waals surface area (Å²) < 4.78 is 22.1. The fourth-order valence-electron chi connectivity index (χ4n) is 4.88. The molecule has 1 aromatic heterocycles. The Bertz CT molecular complexity index is 1110. The summed E-state index contributed by atoms with van der Waals surface area (Å²) in [5.74, 6) is 2.37. The summed E-state index contributed by atoms with van der Waals surface area (Å²) in [7, 11) is 6.42. The van der Waals surface area contributed by atoms with Crippen molar-refractivity contribution in [2.75, 3.05) is 35.0 Å². The van der Waals surface area contributed by atoms with Crippen molar-refractivity contribution < 1.29 is 23.7 Å². The van der Waals surface area contributed by atoms with Crippen molar-refractivity contribution >= 4 is 16.8 Å². The van der Waals surface area contributed by atoms with Crippen molar-refractivity contribution in [3.63, 3.8) is 0 Å². The van der Waals surface area contributed by atoms with Crippen molar-refractivity contribution in [2.45, 2.75) is 31.1 Å². The molecule has 1 saturated carbocycles. The molecule has 1 heterocycles. The normalized spacial score (nSPS) is 14.9. The zero-order valence-electron chi connectivity index (χ0n) is 19.0. The number of para-hydroxylation sites is 1. The van der Waals surface area contributed by atoms with Crippen LogP contribution in [0.15, 0.2) is 36.4 Å². The van der Waals surface area contributed by atoms with E-state index >= 15 is 0 Å². The number of carbonyl (C=O) groups is 1. The lowest BCUT2D eigenvalue weighted by molar-refractivity contribution is 0.0938. The Labute approximate surface area is 188 Å². The fourth-order valence-corrected chi connectivity index (χ4v) is 4.88. The predicted molar refractivity (Wildman–Crippen MR) is 123 cm³/mol. The smallest absolute Gasteiger partial charge is 0.267 e. The lowest BCUT2D eigenvalue weighted by Crippen LogP contribution is -2.39. The van der Waals surface area contributed by atoms with Crippen molar-refractivity contribution in [3.8, 4) is 23.0 Å². The first kappa shape index (κ1) is 21.9. The maximum Gasteiger partial charge on any atom is 0.267 e. The monoisotopic (exact) mass is 438 g/mol. The molecule has 1 amide bonds. The van der Waals surface area contributed by atoms with Gasteiger partial charge in [-0.05, 0) is 25.0 Å². The summed E-state index contributed by atoms with van der Waals surface area (Å²) >= 11 is 0. The number of H-pyrrole nitrogens is 1. The SMILES string of the molecule is COc1ccccc1C1(CNC(=O)c2cc3c(OC)cc(OC)c(OC)c3[nH]2)CCCC1. The molecule has 4 rings (SSSR count). The van der Waals surface area contributed by atoms with Crippen LogP contribution in [0.3, 0.4) is 0 Å². The van der Waals surface area contributed by atoms with Crippen LogP contribution in [0.2, 0.25) is 0 Å². The minimum Gasteiger partial charge on any atom is -0.496 e. The van der Waals surface area contributed by atoms with Crippen molar-refractivity contribution in [1.82, 2.24) is 10.3 Å². The Hall–Kier alpha value is -3.35. The van der Waals surface area contributed by atoms with Crippen molar-refractivity contribution in [1.29, 1.82) is 0 Å². The van der Waals surface area contributed by atoms with Gasteiger partial charge in [0.25, 0.3) is 5.91 Å². The Morgan fingerprint density at radius 1 is 0.938 bits per heavy atom. The number of methoxy groups -OCH3 is 4. The molecule has 0 bridgehead atoms. The number of ether oxygens (including phenoxy) is 4. The summed E-state index contributed by atoms with van der Waals surface area (Å²) in [5, 5.41) is 3.92. The molecule has 170 valence electrons. The van der Waals surface area contributed by atoms with Gasteiger partial charge < -0.3 is 29.2 Å². The topological polar surface area (TPSA) is 81.8 Å². The number of benzene rings is 2. The summed E-state index contributed by atoms with van der Waals surface area (Å²) in [6, 6.07) is 11.6. The van der Waals surface area contributed by atoms with E-state index in [2.05, 4.69) is 16.4 Å². The molecule has 1 fully saturated rings. The van der Waals surface area contributed by atoms with Crippen LogP contribution in [0.1, 0.15) is 41.7 Å². The van der Waals surface area contributed by atoms with E-state index in [1.54, 1.807) is 40.6 Å². The molecule has 0 unspecified atom stereocenters. The second-order valence-corrected chi connectivity index (χ2v) is 8.16. The van der Waals surface area contributed by atoms with Gasteiger partial charge in [-0.1, -0.05) is 31.0 Å². The second-order valence-electron chi connectivity index (χ2n) is 8.16. The predicted octanol–water partition coefficient (Wildman–Crippen LogP) is 4.44. The van der Waals surface area contributed by atoms with Crippen LogP contribution >= 0.6 is 0 Å². The number of amides is 1. The molecule has 0 saturated heterocycles. The van der Waals surface area contributed by atoms with Crippen LogP contribution in [0.4, 0.5) is 0 Å². The van der Waals surface area contributed by atoms with E-state index < -0.39 is 0 Å². The van der Waals surface area contributed by atoms with Gasteiger partial charge in [-0.25, -0.2) is 0 Å². The lowest BCUT2D eigenvalue weighted by atomic mass is 9.78. The highest BCUT2D eigenvalue weighted by molar-refractivity contribution is 6.02. The van der Waals surface area contributed by atoms with Gasteiger partial charge in [-0.3, -0.25) is 4.79 Å². The number of fused-ring (bicyclic) bond motifs is 1. The third kappa shape index (κ3) is 3.72. The molecule has 0 atom stereocenters. The molecule has 2 aromatic carbocycles. The lowest BCUT2D eigenvalue weighted by Gasteiger charge is -2.31. The third-order valence-corrected chi connectivity index (χ3v) is 6.51. The molecule has 0 spiro atoms. The summed E-state index contributed by atoms with van der Waals surface area (Å²) in [6.45, 7) is 0.541. The minimum atomic E-state index is -0.176. The average molecular weight is 439 g/mol. The Morgan fingerprint density at radius 3 is 2.28 bits per heavy atom. The summed E-state index contributed by atoms with van der Waals surface area (Å²) in [5.41, 5.74) is 2.13. The van der Waals surface area contributed by atoms with E-state index in [1.165, 1.54) is 0 Å². The highest BCUT2D eigenvalue weighted by Crippen LogP contribution is 2.44. The molecule has 7 nitrogen and oxygen atoms in total. The van der Waals surface area contributed by atoms with Crippen LogP contribution in [-0.2, 0) is 5.41 Å². The quantitative estimate of drug-likeness (QED) is 0.543. The Kier molecular flexibility index (Phi) is 6.17. The number of nitrogens with one attached hydrogen (secondary N) is 2. The van der Waals surface area contributed by atoms with Crippen LogP contribution in [0, 0.1) is 0 Å². The Balaban J connectivity index is 1.64. The molecule has 0 aliphatic heterocycles. The van der Waals surface area contributed by atoms with Gasteiger partial charge >= 0.3 is 0 Å². The fraction of sp³-hybridized carbons (Fsp3) is 0.400. The van der Waals surface area contributed by atoms with Gasteiger partial charge in [-0.15, -0.1) is 0 Å². The first-order chi connectivity index (χ1) is 15.6. The standard InChI is InChI=1S/C25H30N2O5/c1-29-19-10-6-5-9-17(19)25(11-7-8-12-25)15-26-24(28)18-13-16-20(30-2)14-21(31-3)23(32-4)22(16)27-18/h5-6,9-10,13-14,27H,7-8,11-12,15H2,1-4H3,(H,26,28). The second kappa shape index (κ2) is 9.02. The zero-order valence-corrected chi connectivity index (χ0v) is 19.0. The van der Waals surface area contributed by atoms with E-state index in [-0.39, 0.29) is 11.3 Å². The molecular formula is C25H30N2O5. The van der Waals surface area contributed by atoms with Crippen molar-refractivity contribution in [2.24, 2.45) is 0 Å². The van der Waals surface area contributed by atoms with Crippen LogP contribution in [0.5, 0.6) is 23.0 Å². The average Bonchev–Trinajstić information content (AvgIpc) is 3.49. The Morgan fingerprint density at radius 2 is 1.62 bits per heavy atom. The minimum absolute atomic E-state index is 0.132. The molecular weight excluding hydrogens is 408 g/mol. The van der Waals surface area contributed by atoms with Gasteiger partial charge in [0, 0.05) is 29.0 Å². The molecule has 0 radical (unpaired) electrons. The van der Waals surface area contributed by atoms with Crippen LogP contribution < -0.4 is 24.3 Å². The number of aromatic amines is 1. The van der Waals surface area contributed by atoms with E-state index in [0.717, 1.165) is 42.4 Å². The molecule has 1 aliphatic rings. The summed E-state index contributed by atoms with van der Waals surface area (Å²) in [4.78, 5) is 16.4. The molecule has 3 aromatic rings. The van der Waals surface area contributed by atoms with Gasteiger partial charge in [0.1, 0.15) is 17.2 Å². The number of aromatic nitrogens is 1. The highest BCUT2D eigenvalue weighted by Gasteiger charge is 2.38. The van der Waals surface area contributed by atoms with E-state index in [0.29, 0.717) is 35.0 Å². The number of hydrogen-bond acceptors (Lipinski definition) is 5. The van der Waals surface area contributed by atoms with Gasteiger partial charge in [0.15, 0.2) is 11.5 Å². The molecule has 2 N–H and O–H groups in total. The number of hydrogen-bond donors (Lipinski definition) is 2.